The van der Waals surface area contributed by atoms with Gasteiger partial charge in [-0.2, -0.15) is 0 Å². The molecule has 4 N–H and O–H groups in total. The molecule has 0 aliphatic carbocycles. The van der Waals surface area contributed by atoms with Crippen molar-refractivity contribution in [2.75, 3.05) is 0 Å². The molecule has 190 valence electrons. The van der Waals surface area contributed by atoms with Gasteiger partial charge in [0.2, 0.25) is 11.8 Å². The van der Waals surface area contributed by atoms with Crippen LogP contribution in [0, 0.1) is 5.92 Å². The third kappa shape index (κ3) is 10.5. The Morgan fingerprint density at radius 1 is 0.886 bits per heavy atom. The van der Waals surface area contributed by atoms with Crippen LogP contribution in [-0.4, -0.2) is 35.6 Å². The minimum atomic E-state index is -0.963. The molecule has 0 bridgehead atoms. The molecule has 0 aliphatic rings. The van der Waals surface area contributed by atoms with Crippen LogP contribution in [0.1, 0.15) is 52.2 Å². The van der Waals surface area contributed by atoms with Gasteiger partial charge in [0, 0.05) is 6.42 Å². The fourth-order valence-electron chi connectivity index (χ4n) is 3.35. The minimum Gasteiger partial charge on any atom is -0.489 e. The number of carbonyl (C=O) groups excluding carboxylic acids is 3. The van der Waals surface area contributed by atoms with Crippen LogP contribution in [0.3, 0.4) is 0 Å². The summed E-state index contributed by atoms with van der Waals surface area (Å²) in [5.41, 5.74) is 6.61. The van der Waals surface area contributed by atoms with E-state index >= 15 is 0 Å². The van der Waals surface area contributed by atoms with E-state index in [9.17, 15) is 14.4 Å². The molecule has 0 saturated heterocycles. The van der Waals surface area contributed by atoms with Gasteiger partial charge in [-0.3, -0.25) is 9.59 Å². The zero-order valence-corrected chi connectivity index (χ0v) is 21.2. The highest BCUT2D eigenvalue weighted by Crippen LogP contribution is 2.16. The van der Waals surface area contributed by atoms with Gasteiger partial charge in [-0.25, -0.2) is 4.79 Å². The highest BCUT2D eigenvalue weighted by atomic mass is 16.6. The number of carbonyl (C=O) groups is 3. The molecule has 0 spiro atoms. The van der Waals surface area contributed by atoms with E-state index in [0.717, 1.165) is 11.1 Å². The molecule has 35 heavy (non-hydrogen) atoms. The summed E-state index contributed by atoms with van der Waals surface area (Å²) >= 11 is 0. The molecule has 0 radical (unpaired) electrons. The second kappa shape index (κ2) is 12.8. The molecule has 0 saturated carbocycles. The van der Waals surface area contributed by atoms with E-state index in [1.165, 1.54) is 0 Å². The first-order valence-corrected chi connectivity index (χ1v) is 11.8. The third-order valence-corrected chi connectivity index (χ3v) is 4.99. The molecule has 0 aliphatic heterocycles. The second-order valence-corrected chi connectivity index (χ2v) is 9.91. The van der Waals surface area contributed by atoms with Crippen LogP contribution >= 0.6 is 0 Å². The number of ether oxygens (including phenoxy) is 2. The average molecular weight is 484 g/mol. The molecule has 2 rings (SSSR count). The fraction of sp³-hybridized carbons (Fsp3) is 0.444. The molecule has 3 amide bonds. The highest BCUT2D eigenvalue weighted by molar-refractivity contribution is 5.91. The van der Waals surface area contributed by atoms with E-state index < -0.39 is 35.6 Å². The first kappa shape index (κ1) is 27.7. The molecular formula is C27H37N3O5. The van der Waals surface area contributed by atoms with Crippen molar-refractivity contribution in [2.24, 2.45) is 11.7 Å². The van der Waals surface area contributed by atoms with E-state index in [2.05, 4.69) is 10.6 Å². The molecule has 8 heteroatoms. The topological polar surface area (TPSA) is 120 Å². The number of benzene rings is 2. The third-order valence-electron chi connectivity index (χ3n) is 4.99. The Kier molecular flexibility index (Phi) is 10.1. The van der Waals surface area contributed by atoms with Gasteiger partial charge in [0.25, 0.3) is 0 Å². The predicted octanol–water partition coefficient (Wildman–Crippen LogP) is 3.72. The lowest BCUT2D eigenvalue weighted by Gasteiger charge is -2.25. The molecule has 0 fully saturated rings. The molecule has 2 aromatic carbocycles. The number of amides is 3. The van der Waals surface area contributed by atoms with Crippen molar-refractivity contribution in [2.45, 2.75) is 71.8 Å². The van der Waals surface area contributed by atoms with Crippen LogP contribution in [-0.2, 0) is 27.4 Å². The summed E-state index contributed by atoms with van der Waals surface area (Å²) in [4.78, 5) is 37.3. The molecule has 2 unspecified atom stereocenters. The van der Waals surface area contributed by atoms with Crippen molar-refractivity contribution in [1.82, 2.24) is 10.6 Å². The van der Waals surface area contributed by atoms with Crippen LogP contribution < -0.4 is 21.1 Å². The Bertz CT molecular complexity index is 969. The van der Waals surface area contributed by atoms with Crippen molar-refractivity contribution < 1.29 is 23.9 Å². The lowest BCUT2D eigenvalue weighted by molar-refractivity contribution is -0.128. The van der Waals surface area contributed by atoms with E-state index in [1.54, 1.807) is 20.8 Å². The molecule has 8 nitrogen and oxygen atoms in total. The van der Waals surface area contributed by atoms with Gasteiger partial charge in [0.15, 0.2) is 0 Å². The summed E-state index contributed by atoms with van der Waals surface area (Å²) in [6.07, 6.45) is -0.134. The molecular weight excluding hydrogens is 446 g/mol. The molecule has 0 heterocycles. The van der Waals surface area contributed by atoms with Crippen molar-refractivity contribution in [3.8, 4) is 5.75 Å². The zero-order valence-electron chi connectivity index (χ0n) is 21.2. The zero-order chi connectivity index (χ0) is 26.0. The SMILES string of the molecule is CC(C)CC(NC(=O)C(Cc1ccc(OCc2ccccc2)cc1)NC(=O)OC(C)(C)C)C(N)=O. The largest absolute Gasteiger partial charge is 0.489 e. The highest BCUT2D eigenvalue weighted by Gasteiger charge is 2.28. The van der Waals surface area contributed by atoms with Crippen molar-refractivity contribution in [1.29, 1.82) is 0 Å². The number of primary amides is 1. The van der Waals surface area contributed by atoms with Gasteiger partial charge in [-0.1, -0.05) is 56.3 Å². The Labute approximate surface area is 207 Å². The van der Waals surface area contributed by atoms with Crippen molar-refractivity contribution in [3.05, 3.63) is 65.7 Å². The maximum atomic E-state index is 13.1. The summed E-state index contributed by atoms with van der Waals surface area (Å²) in [7, 11) is 0. The Hall–Kier alpha value is -3.55. The molecule has 0 aromatic heterocycles. The number of nitrogens with two attached hydrogens (primary N) is 1. The molecule has 2 aromatic rings. The summed E-state index contributed by atoms with van der Waals surface area (Å²) in [6, 6.07) is 15.3. The second-order valence-electron chi connectivity index (χ2n) is 9.91. The fourth-order valence-corrected chi connectivity index (χ4v) is 3.35. The van der Waals surface area contributed by atoms with E-state index in [0.29, 0.717) is 18.8 Å². The lowest BCUT2D eigenvalue weighted by Crippen LogP contribution is -2.54. The van der Waals surface area contributed by atoms with Gasteiger partial charge in [-0.15, -0.1) is 0 Å². The minimum absolute atomic E-state index is 0.147. The van der Waals surface area contributed by atoms with E-state index in [4.69, 9.17) is 15.2 Å². The smallest absolute Gasteiger partial charge is 0.408 e. The van der Waals surface area contributed by atoms with Crippen LogP contribution in [0.25, 0.3) is 0 Å². The van der Waals surface area contributed by atoms with Gasteiger partial charge in [0.05, 0.1) is 0 Å². The Balaban J connectivity index is 2.10. The number of nitrogens with one attached hydrogen (secondary N) is 2. The number of rotatable bonds is 11. The van der Waals surface area contributed by atoms with E-state index in [1.807, 2.05) is 68.4 Å². The normalized spacial score (nSPS) is 13.0. The quantitative estimate of drug-likeness (QED) is 0.450. The summed E-state index contributed by atoms with van der Waals surface area (Å²) in [5, 5.41) is 5.30. The monoisotopic (exact) mass is 483 g/mol. The van der Waals surface area contributed by atoms with Crippen LogP contribution in [0.5, 0.6) is 5.75 Å². The average Bonchev–Trinajstić information content (AvgIpc) is 2.76. The van der Waals surface area contributed by atoms with Crippen LogP contribution in [0.2, 0.25) is 0 Å². The summed E-state index contributed by atoms with van der Waals surface area (Å²) in [5.74, 6) is -0.300. The number of alkyl carbamates (subject to hydrolysis) is 1. The standard InChI is InChI=1S/C27H37N3O5/c1-18(2)15-22(24(28)31)29-25(32)23(30-26(33)35-27(3,4)5)16-19-11-13-21(14-12-19)34-17-20-9-7-6-8-10-20/h6-14,18,22-23H,15-17H2,1-5H3,(H2,28,31)(H,29,32)(H,30,33). The van der Waals surface area contributed by atoms with Crippen LogP contribution in [0.4, 0.5) is 4.79 Å². The van der Waals surface area contributed by atoms with Crippen LogP contribution in [0.15, 0.2) is 54.6 Å². The Morgan fingerprint density at radius 2 is 1.51 bits per heavy atom. The van der Waals surface area contributed by atoms with Crippen molar-refractivity contribution in [3.63, 3.8) is 0 Å². The number of hydrogen-bond donors (Lipinski definition) is 3. The maximum Gasteiger partial charge on any atom is 0.408 e. The van der Waals surface area contributed by atoms with Gasteiger partial charge >= 0.3 is 6.09 Å². The first-order chi connectivity index (χ1) is 16.4. The summed E-state index contributed by atoms with van der Waals surface area (Å²) in [6.45, 7) is 9.51. The maximum absolute atomic E-state index is 13.1. The van der Waals surface area contributed by atoms with E-state index in [-0.39, 0.29) is 12.3 Å². The van der Waals surface area contributed by atoms with Gasteiger partial charge < -0.3 is 25.8 Å². The first-order valence-electron chi connectivity index (χ1n) is 11.8. The van der Waals surface area contributed by atoms with Gasteiger partial charge in [0.1, 0.15) is 30.0 Å². The van der Waals surface area contributed by atoms with Gasteiger partial charge in [-0.05, 0) is 56.4 Å². The number of hydrogen-bond acceptors (Lipinski definition) is 5. The lowest BCUT2D eigenvalue weighted by atomic mass is 10.0. The Morgan fingerprint density at radius 3 is 2.06 bits per heavy atom. The van der Waals surface area contributed by atoms with Crippen molar-refractivity contribution >= 4 is 17.9 Å². The summed E-state index contributed by atoms with van der Waals surface area (Å²) < 4.78 is 11.1. The predicted molar refractivity (Wildman–Crippen MR) is 135 cm³/mol. The molecule has 2 atom stereocenters.